The first-order valence-corrected chi connectivity index (χ1v) is 4.28. The zero-order valence-corrected chi connectivity index (χ0v) is 9.53. The number of rotatable bonds is 0. The summed E-state index contributed by atoms with van der Waals surface area (Å²) in [5.74, 6) is 0. The second-order valence-corrected chi connectivity index (χ2v) is 4.63. The van der Waals surface area contributed by atoms with E-state index in [1.54, 1.807) is 0 Å². The fraction of sp³-hybridized carbons (Fsp3) is 0.800. The van der Waals surface area contributed by atoms with Crippen LogP contribution in [-0.2, 0) is 0 Å². The number of nitrogens with zero attached hydrogens (tertiary/aromatic N) is 1. The van der Waals surface area contributed by atoms with Crippen LogP contribution >= 0.6 is 12.4 Å². The van der Waals surface area contributed by atoms with Gasteiger partial charge in [0.2, 0.25) is 0 Å². The van der Waals surface area contributed by atoms with Crippen molar-refractivity contribution in [1.82, 2.24) is 4.90 Å². The third-order valence-electron chi connectivity index (χ3n) is 2.92. The zero-order valence-electron chi connectivity index (χ0n) is 8.72. The summed E-state index contributed by atoms with van der Waals surface area (Å²) in [5.41, 5.74) is 0.542. The average Bonchev–Trinajstić information content (AvgIpc) is 1.82. The standard InChI is InChI=1S/C10H19N.ClH/c1-9(2)7-6-8-10(3,4)11(9)5;/h6-7H,8H2,1-5H3;1H. The van der Waals surface area contributed by atoms with E-state index in [4.69, 9.17) is 0 Å². The van der Waals surface area contributed by atoms with Gasteiger partial charge in [-0.25, -0.2) is 0 Å². The van der Waals surface area contributed by atoms with Crippen LogP contribution in [0.4, 0.5) is 0 Å². The molecule has 1 nitrogen and oxygen atoms in total. The molecule has 0 atom stereocenters. The molecule has 1 aliphatic heterocycles. The predicted molar refractivity (Wildman–Crippen MR) is 56.9 cm³/mol. The first-order valence-electron chi connectivity index (χ1n) is 4.28. The summed E-state index contributed by atoms with van der Waals surface area (Å²) < 4.78 is 0. The lowest BCUT2D eigenvalue weighted by Gasteiger charge is -2.47. The summed E-state index contributed by atoms with van der Waals surface area (Å²) in [7, 11) is 2.20. The quantitative estimate of drug-likeness (QED) is 0.530. The molecule has 0 unspecified atom stereocenters. The lowest BCUT2D eigenvalue weighted by molar-refractivity contribution is 0.0662. The molecule has 0 aromatic heterocycles. The topological polar surface area (TPSA) is 3.24 Å². The molecule has 0 aliphatic carbocycles. The summed E-state index contributed by atoms with van der Waals surface area (Å²) in [4.78, 5) is 2.43. The van der Waals surface area contributed by atoms with Crippen LogP contribution in [0.1, 0.15) is 34.1 Å². The fourth-order valence-corrected chi connectivity index (χ4v) is 1.66. The van der Waals surface area contributed by atoms with Gasteiger partial charge in [0.1, 0.15) is 0 Å². The first kappa shape index (κ1) is 12.0. The number of hydrogen-bond acceptors (Lipinski definition) is 1. The molecule has 0 bridgehead atoms. The van der Waals surface area contributed by atoms with Crippen molar-refractivity contribution >= 4 is 12.4 Å². The molecular formula is C10H20ClN. The van der Waals surface area contributed by atoms with Gasteiger partial charge >= 0.3 is 0 Å². The minimum absolute atomic E-state index is 0. The number of hydrogen-bond donors (Lipinski definition) is 0. The van der Waals surface area contributed by atoms with Gasteiger partial charge in [0.05, 0.1) is 0 Å². The van der Waals surface area contributed by atoms with Gasteiger partial charge in [-0.15, -0.1) is 12.4 Å². The van der Waals surface area contributed by atoms with E-state index in [9.17, 15) is 0 Å². The van der Waals surface area contributed by atoms with Gasteiger partial charge < -0.3 is 0 Å². The van der Waals surface area contributed by atoms with Crippen LogP contribution in [-0.4, -0.2) is 23.0 Å². The Morgan fingerprint density at radius 1 is 1.17 bits per heavy atom. The Bertz CT molecular complexity index is 182. The highest BCUT2D eigenvalue weighted by atomic mass is 35.5. The van der Waals surface area contributed by atoms with Gasteiger partial charge in [-0.05, 0) is 41.2 Å². The molecule has 0 aromatic rings. The van der Waals surface area contributed by atoms with E-state index in [2.05, 4.69) is 51.8 Å². The van der Waals surface area contributed by atoms with Crippen LogP contribution in [0.3, 0.4) is 0 Å². The third-order valence-corrected chi connectivity index (χ3v) is 2.92. The maximum Gasteiger partial charge on any atom is 0.0337 e. The minimum atomic E-state index is 0. The molecule has 0 amide bonds. The Hall–Kier alpha value is -0.0100. The van der Waals surface area contributed by atoms with Gasteiger partial charge in [0.25, 0.3) is 0 Å². The molecule has 0 spiro atoms. The highest BCUT2D eigenvalue weighted by molar-refractivity contribution is 5.85. The van der Waals surface area contributed by atoms with Crippen LogP contribution in [0.25, 0.3) is 0 Å². The van der Waals surface area contributed by atoms with E-state index in [1.807, 2.05) is 0 Å². The van der Waals surface area contributed by atoms with Gasteiger partial charge in [-0.2, -0.15) is 0 Å². The molecular weight excluding hydrogens is 170 g/mol. The summed E-state index contributed by atoms with van der Waals surface area (Å²) >= 11 is 0. The molecule has 0 aromatic carbocycles. The lowest BCUT2D eigenvalue weighted by atomic mass is 9.86. The van der Waals surface area contributed by atoms with Crippen LogP contribution in [0.2, 0.25) is 0 Å². The highest BCUT2D eigenvalue weighted by Crippen LogP contribution is 2.31. The molecule has 0 radical (unpaired) electrons. The van der Waals surface area contributed by atoms with E-state index in [0.717, 1.165) is 6.42 Å². The monoisotopic (exact) mass is 189 g/mol. The zero-order chi connectivity index (χ0) is 8.70. The van der Waals surface area contributed by atoms with E-state index < -0.39 is 0 Å². The molecule has 2 heteroatoms. The normalized spacial score (nSPS) is 26.4. The Kier molecular flexibility index (Phi) is 3.39. The highest BCUT2D eigenvalue weighted by Gasteiger charge is 2.34. The largest absolute Gasteiger partial charge is 0.292 e. The molecule has 12 heavy (non-hydrogen) atoms. The summed E-state index contributed by atoms with van der Waals surface area (Å²) in [6, 6.07) is 0. The maximum atomic E-state index is 2.43. The van der Waals surface area contributed by atoms with Gasteiger partial charge in [-0.3, -0.25) is 4.90 Å². The van der Waals surface area contributed by atoms with E-state index >= 15 is 0 Å². The van der Waals surface area contributed by atoms with E-state index in [0.29, 0.717) is 5.54 Å². The van der Waals surface area contributed by atoms with E-state index in [1.165, 1.54) is 0 Å². The van der Waals surface area contributed by atoms with Crippen molar-refractivity contribution in [3.8, 4) is 0 Å². The minimum Gasteiger partial charge on any atom is -0.292 e. The van der Waals surface area contributed by atoms with Gasteiger partial charge in [-0.1, -0.05) is 12.2 Å². The van der Waals surface area contributed by atoms with Crippen molar-refractivity contribution in [2.45, 2.75) is 45.2 Å². The molecule has 0 N–H and O–H groups in total. The third kappa shape index (κ3) is 2.02. The van der Waals surface area contributed by atoms with Crippen LogP contribution in [0.5, 0.6) is 0 Å². The average molecular weight is 190 g/mol. The van der Waals surface area contributed by atoms with Crippen molar-refractivity contribution in [3.05, 3.63) is 12.2 Å². The Morgan fingerprint density at radius 2 is 1.67 bits per heavy atom. The van der Waals surface area contributed by atoms with Crippen molar-refractivity contribution in [3.63, 3.8) is 0 Å². The van der Waals surface area contributed by atoms with Crippen LogP contribution in [0.15, 0.2) is 12.2 Å². The predicted octanol–water partition coefficient (Wildman–Crippen LogP) is 2.86. The number of halogens is 1. The Morgan fingerprint density at radius 3 is 2.00 bits per heavy atom. The molecule has 72 valence electrons. The number of likely N-dealkylation sites (N-methyl/N-ethyl adjacent to an activating group) is 1. The molecule has 0 saturated carbocycles. The van der Waals surface area contributed by atoms with Gasteiger partial charge in [0.15, 0.2) is 0 Å². The Labute approximate surface area is 82.2 Å². The molecule has 1 aliphatic rings. The SMILES string of the molecule is CN1C(C)(C)C=CCC1(C)C.Cl. The second-order valence-electron chi connectivity index (χ2n) is 4.63. The van der Waals surface area contributed by atoms with Crippen molar-refractivity contribution < 1.29 is 0 Å². The molecule has 0 fully saturated rings. The summed E-state index contributed by atoms with van der Waals surface area (Å²) in [6.45, 7) is 9.09. The van der Waals surface area contributed by atoms with Crippen LogP contribution in [0, 0.1) is 0 Å². The first-order chi connectivity index (χ1) is 4.86. The second kappa shape index (κ2) is 3.39. The van der Waals surface area contributed by atoms with Gasteiger partial charge in [0, 0.05) is 11.1 Å². The smallest absolute Gasteiger partial charge is 0.0337 e. The van der Waals surface area contributed by atoms with Crippen LogP contribution < -0.4 is 0 Å². The molecule has 1 heterocycles. The lowest BCUT2D eigenvalue weighted by Crippen LogP contribution is -2.53. The van der Waals surface area contributed by atoms with E-state index in [-0.39, 0.29) is 17.9 Å². The molecule has 0 saturated heterocycles. The van der Waals surface area contributed by atoms with Crippen molar-refractivity contribution in [1.29, 1.82) is 0 Å². The summed E-state index contributed by atoms with van der Waals surface area (Å²) in [5, 5.41) is 0. The molecule has 1 rings (SSSR count). The summed E-state index contributed by atoms with van der Waals surface area (Å²) in [6.07, 6.45) is 5.74. The fourth-order valence-electron chi connectivity index (χ4n) is 1.66. The van der Waals surface area contributed by atoms with Crippen molar-refractivity contribution in [2.24, 2.45) is 0 Å². The Balaban J connectivity index is 0.00000121. The van der Waals surface area contributed by atoms with Crippen molar-refractivity contribution in [2.75, 3.05) is 7.05 Å². The maximum absolute atomic E-state index is 2.43.